The van der Waals surface area contributed by atoms with E-state index in [1.807, 2.05) is 41.5 Å². The van der Waals surface area contributed by atoms with E-state index in [0.717, 1.165) is 0 Å². The van der Waals surface area contributed by atoms with Gasteiger partial charge in [0.1, 0.15) is 6.04 Å². The third-order valence-electron chi connectivity index (χ3n) is 1.71. The molecule has 0 spiro atoms. The van der Waals surface area contributed by atoms with Gasteiger partial charge in [-0.1, -0.05) is 0 Å². The highest BCUT2D eigenvalue weighted by atomic mass is 16.2. The van der Waals surface area contributed by atoms with Crippen LogP contribution in [0.25, 0.3) is 0 Å². The Morgan fingerprint density at radius 2 is 1.47 bits per heavy atom. The predicted octanol–water partition coefficient (Wildman–Crippen LogP) is 0.992. The minimum absolute atomic E-state index is 0.129. The molecule has 0 heterocycles. The summed E-state index contributed by atoms with van der Waals surface area (Å²) in [6.07, 6.45) is 0. The number of nitrogens with two attached hydrogens (primary N) is 1. The fraction of sp³-hybridized carbons (Fsp3) is 0.833. The SMILES string of the molecule is CC(N=C(N)NC(C)(C)C)C(=O)NC(C)(C)C. The van der Waals surface area contributed by atoms with Gasteiger partial charge in [-0.3, -0.25) is 4.79 Å². The second kappa shape index (κ2) is 5.38. The molecule has 1 atom stereocenters. The lowest BCUT2D eigenvalue weighted by Crippen LogP contribution is -2.48. The zero-order chi connectivity index (χ0) is 13.9. The summed E-state index contributed by atoms with van der Waals surface area (Å²) in [7, 11) is 0. The highest BCUT2D eigenvalue weighted by Crippen LogP contribution is 2.02. The maximum atomic E-state index is 11.8. The van der Waals surface area contributed by atoms with Gasteiger partial charge < -0.3 is 16.4 Å². The molecule has 0 aliphatic heterocycles. The summed E-state index contributed by atoms with van der Waals surface area (Å²) < 4.78 is 0. The van der Waals surface area contributed by atoms with Gasteiger partial charge in [-0.15, -0.1) is 0 Å². The number of hydrogen-bond acceptors (Lipinski definition) is 2. The Kier molecular flexibility index (Phi) is 4.98. The first kappa shape index (κ1) is 15.7. The van der Waals surface area contributed by atoms with Crippen LogP contribution in [0.3, 0.4) is 0 Å². The number of aliphatic imine (C=N–C) groups is 1. The largest absolute Gasteiger partial charge is 0.370 e. The van der Waals surface area contributed by atoms with Crippen molar-refractivity contribution >= 4 is 11.9 Å². The maximum absolute atomic E-state index is 11.8. The molecule has 0 fully saturated rings. The molecule has 0 aromatic heterocycles. The molecule has 0 rings (SSSR count). The first-order valence-corrected chi connectivity index (χ1v) is 5.84. The second-order valence-corrected chi connectivity index (χ2v) is 6.30. The molecule has 0 aliphatic carbocycles. The zero-order valence-electron chi connectivity index (χ0n) is 12.0. The average molecular weight is 242 g/mol. The van der Waals surface area contributed by atoms with E-state index in [2.05, 4.69) is 15.6 Å². The highest BCUT2D eigenvalue weighted by molar-refractivity contribution is 5.86. The van der Waals surface area contributed by atoms with Crippen LogP contribution in [0, 0.1) is 0 Å². The molecule has 5 heteroatoms. The van der Waals surface area contributed by atoms with Gasteiger partial charge in [0, 0.05) is 11.1 Å². The Morgan fingerprint density at radius 3 is 1.82 bits per heavy atom. The zero-order valence-corrected chi connectivity index (χ0v) is 12.0. The molecular formula is C12H26N4O. The summed E-state index contributed by atoms with van der Waals surface area (Å²) in [6.45, 7) is 13.5. The maximum Gasteiger partial charge on any atom is 0.245 e. The number of rotatable bonds is 2. The lowest BCUT2D eigenvalue weighted by atomic mass is 10.1. The minimum atomic E-state index is -0.496. The first-order chi connectivity index (χ1) is 7.41. The van der Waals surface area contributed by atoms with Crippen molar-refractivity contribution in [3.8, 4) is 0 Å². The third-order valence-corrected chi connectivity index (χ3v) is 1.71. The number of nitrogens with one attached hydrogen (secondary N) is 2. The van der Waals surface area contributed by atoms with Crippen molar-refractivity contribution in [1.29, 1.82) is 0 Å². The van der Waals surface area contributed by atoms with Gasteiger partial charge in [0.2, 0.25) is 5.91 Å². The van der Waals surface area contributed by atoms with E-state index >= 15 is 0 Å². The lowest BCUT2D eigenvalue weighted by Gasteiger charge is -2.24. The van der Waals surface area contributed by atoms with Gasteiger partial charge >= 0.3 is 0 Å². The molecule has 17 heavy (non-hydrogen) atoms. The fourth-order valence-corrected chi connectivity index (χ4v) is 1.16. The Balaban J connectivity index is 4.47. The van der Waals surface area contributed by atoms with Crippen molar-refractivity contribution in [3.05, 3.63) is 0 Å². The molecule has 0 aromatic rings. The van der Waals surface area contributed by atoms with Crippen molar-refractivity contribution in [3.63, 3.8) is 0 Å². The number of hydrogen-bond donors (Lipinski definition) is 3. The molecule has 0 radical (unpaired) electrons. The van der Waals surface area contributed by atoms with E-state index in [-0.39, 0.29) is 22.9 Å². The van der Waals surface area contributed by atoms with Gasteiger partial charge in [0.15, 0.2) is 5.96 Å². The number of nitrogens with zero attached hydrogens (tertiary/aromatic N) is 1. The molecule has 0 saturated heterocycles. The quantitative estimate of drug-likeness (QED) is 0.499. The summed E-state index contributed by atoms with van der Waals surface area (Å²) >= 11 is 0. The van der Waals surface area contributed by atoms with Crippen LogP contribution in [0.1, 0.15) is 48.5 Å². The highest BCUT2D eigenvalue weighted by Gasteiger charge is 2.19. The van der Waals surface area contributed by atoms with E-state index in [4.69, 9.17) is 5.73 Å². The Morgan fingerprint density at radius 1 is 1.06 bits per heavy atom. The minimum Gasteiger partial charge on any atom is -0.370 e. The van der Waals surface area contributed by atoms with Crippen LogP contribution in [-0.4, -0.2) is 29.0 Å². The van der Waals surface area contributed by atoms with E-state index < -0.39 is 6.04 Å². The monoisotopic (exact) mass is 242 g/mol. The molecule has 0 saturated carbocycles. The summed E-state index contributed by atoms with van der Waals surface area (Å²) in [5, 5.41) is 5.87. The van der Waals surface area contributed by atoms with E-state index in [0.29, 0.717) is 0 Å². The van der Waals surface area contributed by atoms with Crippen molar-refractivity contribution in [2.75, 3.05) is 0 Å². The molecule has 4 N–H and O–H groups in total. The van der Waals surface area contributed by atoms with Gasteiger partial charge in [0.05, 0.1) is 0 Å². The van der Waals surface area contributed by atoms with Gasteiger partial charge in [-0.25, -0.2) is 4.99 Å². The van der Waals surface area contributed by atoms with Crippen LogP contribution in [0.2, 0.25) is 0 Å². The average Bonchev–Trinajstić information content (AvgIpc) is 1.95. The smallest absolute Gasteiger partial charge is 0.245 e. The van der Waals surface area contributed by atoms with Crippen molar-refractivity contribution in [2.24, 2.45) is 10.7 Å². The van der Waals surface area contributed by atoms with E-state index in [9.17, 15) is 4.79 Å². The standard InChI is InChI=1S/C12H26N4O/c1-8(9(17)15-11(2,3)4)14-10(13)16-12(5,6)7/h8H,1-7H3,(H,15,17)(H3,13,14,16). The molecule has 0 bridgehead atoms. The number of carbonyl (C=O) groups excluding carboxylic acids is 1. The topological polar surface area (TPSA) is 79.5 Å². The number of guanidine groups is 1. The van der Waals surface area contributed by atoms with Crippen LogP contribution in [0.5, 0.6) is 0 Å². The number of amides is 1. The molecule has 0 aliphatic rings. The van der Waals surface area contributed by atoms with Gasteiger partial charge in [-0.05, 0) is 48.5 Å². The summed E-state index contributed by atoms with van der Waals surface area (Å²) in [5.74, 6) is 0.158. The third kappa shape index (κ3) is 8.54. The predicted molar refractivity (Wildman–Crippen MR) is 71.9 cm³/mol. The fourth-order valence-electron chi connectivity index (χ4n) is 1.16. The Labute approximate surface area is 104 Å². The molecule has 100 valence electrons. The van der Waals surface area contributed by atoms with E-state index in [1.165, 1.54) is 0 Å². The Bertz CT molecular complexity index is 297. The van der Waals surface area contributed by atoms with Crippen molar-refractivity contribution < 1.29 is 4.79 Å². The Hall–Kier alpha value is -1.26. The van der Waals surface area contributed by atoms with Crippen molar-refractivity contribution in [1.82, 2.24) is 10.6 Å². The van der Waals surface area contributed by atoms with Crippen molar-refractivity contribution in [2.45, 2.75) is 65.6 Å². The molecular weight excluding hydrogens is 216 g/mol. The van der Waals surface area contributed by atoms with Gasteiger partial charge in [0.25, 0.3) is 0 Å². The first-order valence-electron chi connectivity index (χ1n) is 5.84. The molecule has 1 amide bonds. The van der Waals surface area contributed by atoms with Gasteiger partial charge in [-0.2, -0.15) is 0 Å². The van der Waals surface area contributed by atoms with Crippen LogP contribution >= 0.6 is 0 Å². The molecule has 5 nitrogen and oxygen atoms in total. The number of carbonyl (C=O) groups is 1. The van der Waals surface area contributed by atoms with Crippen LogP contribution in [-0.2, 0) is 4.79 Å². The molecule has 0 aromatic carbocycles. The second-order valence-electron chi connectivity index (χ2n) is 6.30. The summed E-state index contributed by atoms with van der Waals surface area (Å²) in [6, 6.07) is -0.496. The summed E-state index contributed by atoms with van der Waals surface area (Å²) in [5.41, 5.74) is 5.31. The van der Waals surface area contributed by atoms with Crippen LogP contribution in [0.4, 0.5) is 0 Å². The van der Waals surface area contributed by atoms with E-state index in [1.54, 1.807) is 6.92 Å². The van der Waals surface area contributed by atoms with Crippen LogP contribution < -0.4 is 16.4 Å². The molecule has 1 unspecified atom stereocenters. The normalized spacial score (nSPS) is 15.4. The van der Waals surface area contributed by atoms with Crippen LogP contribution in [0.15, 0.2) is 4.99 Å². The summed E-state index contributed by atoms with van der Waals surface area (Å²) in [4.78, 5) is 15.9. The lowest BCUT2D eigenvalue weighted by molar-refractivity contribution is -0.123.